The Balaban J connectivity index is 1.77. The molecule has 0 atom stereocenters. The largest absolute Gasteiger partial charge is 0.504 e. The van der Waals surface area contributed by atoms with E-state index >= 15 is 0 Å². The van der Waals surface area contributed by atoms with Crippen molar-refractivity contribution in [1.29, 1.82) is 0 Å². The van der Waals surface area contributed by atoms with Crippen molar-refractivity contribution in [2.45, 2.75) is 0 Å². The van der Waals surface area contributed by atoms with Gasteiger partial charge in [-0.15, -0.1) is 0 Å². The number of benzene rings is 2. The molecule has 0 bridgehead atoms. The molecule has 3 aromatic rings. The zero-order valence-corrected chi connectivity index (χ0v) is 16.0. The number of methoxy groups -OCH3 is 2. The van der Waals surface area contributed by atoms with Crippen molar-refractivity contribution in [2.24, 2.45) is 7.05 Å². The molecule has 6 nitrogen and oxygen atoms in total. The summed E-state index contributed by atoms with van der Waals surface area (Å²) in [5.74, 6) is 1.07. The van der Waals surface area contributed by atoms with Gasteiger partial charge >= 0.3 is 0 Å². The quantitative estimate of drug-likeness (QED) is 0.673. The smallest absolute Gasteiger partial charge is 0.161 e. The summed E-state index contributed by atoms with van der Waals surface area (Å²) in [7, 11) is 4.91. The van der Waals surface area contributed by atoms with Crippen LogP contribution in [0.15, 0.2) is 42.5 Å². The van der Waals surface area contributed by atoms with Crippen LogP contribution in [0.1, 0.15) is 22.5 Å². The Hall–Kier alpha value is -3.67. The minimum absolute atomic E-state index is 0.107. The highest BCUT2D eigenvalue weighted by Crippen LogP contribution is 2.28. The SMILES string of the molecule is COc1cc(/C=C/c2cc(/C=C/c3ccc(O)c(OC)c3)n(C)n2)ccc1O. The molecule has 0 aliphatic rings. The summed E-state index contributed by atoms with van der Waals surface area (Å²) in [6, 6.07) is 12.3. The van der Waals surface area contributed by atoms with E-state index in [1.807, 2.05) is 43.5 Å². The van der Waals surface area contributed by atoms with E-state index in [0.717, 1.165) is 22.5 Å². The molecule has 1 heterocycles. The molecule has 0 amide bonds. The maximum absolute atomic E-state index is 9.68. The van der Waals surface area contributed by atoms with Crippen LogP contribution < -0.4 is 9.47 Å². The van der Waals surface area contributed by atoms with Crippen LogP contribution in [-0.4, -0.2) is 34.2 Å². The number of hydrogen-bond acceptors (Lipinski definition) is 5. The number of aromatic hydroxyl groups is 2. The van der Waals surface area contributed by atoms with Crippen molar-refractivity contribution in [1.82, 2.24) is 9.78 Å². The normalized spacial score (nSPS) is 11.4. The van der Waals surface area contributed by atoms with Crippen molar-refractivity contribution in [3.05, 3.63) is 65.0 Å². The van der Waals surface area contributed by atoms with E-state index in [4.69, 9.17) is 9.47 Å². The molecule has 28 heavy (non-hydrogen) atoms. The minimum atomic E-state index is 0.107. The lowest BCUT2D eigenvalue weighted by Crippen LogP contribution is -1.92. The van der Waals surface area contributed by atoms with Crippen LogP contribution >= 0.6 is 0 Å². The molecule has 0 radical (unpaired) electrons. The number of nitrogens with zero attached hydrogens (tertiary/aromatic N) is 2. The Kier molecular flexibility index (Phi) is 5.69. The van der Waals surface area contributed by atoms with E-state index in [1.54, 1.807) is 35.0 Å². The molecular weight excluding hydrogens is 356 g/mol. The van der Waals surface area contributed by atoms with E-state index in [0.29, 0.717) is 11.5 Å². The van der Waals surface area contributed by atoms with Gasteiger partial charge in [0.2, 0.25) is 0 Å². The van der Waals surface area contributed by atoms with Crippen molar-refractivity contribution in [2.75, 3.05) is 14.2 Å². The van der Waals surface area contributed by atoms with E-state index in [9.17, 15) is 10.2 Å². The predicted molar refractivity (Wildman–Crippen MR) is 110 cm³/mol. The molecule has 0 aliphatic heterocycles. The Morgan fingerprint density at radius 1 is 0.786 bits per heavy atom. The Bertz CT molecular complexity index is 1040. The summed E-state index contributed by atoms with van der Waals surface area (Å²) < 4.78 is 12.0. The van der Waals surface area contributed by atoms with Crippen LogP contribution in [0.3, 0.4) is 0 Å². The van der Waals surface area contributed by atoms with Crippen molar-refractivity contribution in [3.8, 4) is 23.0 Å². The van der Waals surface area contributed by atoms with E-state index in [1.165, 1.54) is 14.2 Å². The summed E-state index contributed by atoms with van der Waals surface area (Å²) >= 11 is 0. The topological polar surface area (TPSA) is 76.7 Å². The summed E-state index contributed by atoms with van der Waals surface area (Å²) in [5.41, 5.74) is 3.53. The monoisotopic (exact) mass is 378 g/mol. The van der Waals surface area contributed by atoms with E-state index < -0.39 is 0 Å². The van der Waals surface area contributed by atoms with Crippen LogP contribution in [0, 0.1) is 0 Å². The third-order valence-corrected chi connectivity index (χ3v) is 4.24. The van der Waals surface area contributed by atoms with Gasteiger partial charge in [-0.3, -0.25) is 4.68 Å². The second-order valence-corrected chi connectivity index (χ2v) is 6.15. The maximum Gasteiger partial charge on any atom is 0.161 e. The molecule has 0 spiro atoms. The van der Waals surface area contributed by atoms with Gasteiger partial charge in [0.05, 0.1) is 25.6 Å². The molecule has 6 heteroatoms. The van der Waals surface area contributed by atoms with Crippen molar-refractivity contribution < 1.29 is 19.7 Å². The first-order valence-electron chi connectivity index (χ1n) is 8.64. The van der Waals surface area contributed by atoms with Gasteiger partial charge < -0.3 is 19.7 Å². The first-order chi connectivity index (χ1) is 13.5. The summed E-state index contributed by atoms with van der Waals surface area (Å²) in [4.78, 5) is 0. The lowest BCUT2D eigenvalue weighted by molar-refractivity contribution is 0.373. The fourth-order valence-electron chi connectivity index (χ4n) is 2.70. The number of ether oxygens (including phenoxy) is 2. The lowest BCUT2D eigenvalue weighted by Gasteiger charge is -2.03. The summed E-state index contributed by atoms with van der Waals surface area (Å²) in [6.07, 6.45) is 7.67. The fraction of sp³-hybridized carbons (Fsp3) is 0.136. The average Bonchev–Trinajstić information content (AvgIpc) is 3.06. The molecule has 2 aromatic carbocycles. The second-order valence-electron chi connectivity index (χ2n) is 6.15. The number of aryl methyl sites for hydroxylation is 1. The van der Waals surface area contributed by atoms with Gasteiger partial charge in [0.15, 0.2) is 23.0 Å². The predicted octanol–water partition coefficient (Wildman–Crippen LogP) is 4.19. The fourth-order valence-corrected chi connectivity index (χ4v) is 2.70. The van der Waals surface area contributed by atoms with Crippen LogP contribution in [0.4, 0.5) is 0 Å². The van der Waals surface area contributed by atoms with Gasteiger partial charge in [0.25, 0.3) is 0 Å². The average molecular weight is 378 g/mol. The summed E-state index contributed by atoms with van der Waals surface area (Å²) in [5, 5.41) is 23.8. The van der Waals surface area contributed by atoms with Gasteiger partial charge in [0, 0.05) is 7.05 Å². The Morgan fingerprint density at radius 3 is 1.86 bits per heavy atom. The molecule has 0 unspecified atom stereocenters. The molecule has 0 saturated heterocycles. The minimum Gasteiger partial charge on any atom is -0.504 e. The molecule has 144 valence electrons. The lowest BCUT2D eigenvalue weighted by atomic mass is 10.1. The first-order valence-corrected chi connectivity index (χ1v) is 8.64. The standard InChI is InChI=1S/C22H22N2O4/c1-24-18(9-5-16-7-11-20(26)22(13-16)28-3)14-17(23-24)8-4-15-6-10-19(25)21(12-15)27-2/h4-14,25-26H,1-3H3/b8-4+,9-5+. The third-order valence-electron chi connectivity index (χ3n) is 4.24. The molecule has 3 rings (SSSR count). The van der Waals surface area contributed by atoms with Crippen LogP contribution in [0.2, 0.25) is 0 Å². The molecule has 1 aromatic heterocycles. The van der Waals surface area contributed by atoms with Gasteiger partial charge in [-0.05, 0) is 53.6 Å². The van der Waals surface area contributed by atoms with Crippen LogP contribution in [0.5, 0.6) is 23.0 Å². The number of rotatable bonds is 6. The molecule has 0 fully saturated rings. The highest BCUT2D eigenvalue weighted by atomic mass is 16.5. The zero-order valence-electron chi connectivity index (χ0n) is 16.0. The molecule has 0 aliphatic carbocycles. The number of phenols is 2. The first kappa shape index (κ1) is 19.1. The summed E-state index contributed by atoms with van der Waals surface area (Å²) in [6.45, 7) is 0. The zero-order chi connectivity index (χ0) is 20.1. The van der Waals surface area contributed by atoms with Crippen LogP contribution in [0.25, 0.3) is 24.3 Å². The Morgan fingerprint density at radius 2 is 1.32 bits per heavy atom. The van der Waals surface area contributed by atoms with Gasteiger partial charge in [-0.2, -0.15) is 5.10 Å². The van der Waals surface area contributed by atoms with E-state index in [-0.39, 0.29) is 11.5 Å². The molecule has 0 saturated carbocycles. The molecule has 2 N–H and O–H groups in total. The van der Waals surface area contributed by atoms with Crippen LogP contribution in [-0.2, 0) is 7.05 Å². The Labute approximate surface area is 163 Å². The van der Waals surface area contributed by atoms with Gasteiger partial charge in [-0.1, -0.05) is 24.3 Å². The maximum atomic E-state index is 9.68. The van der Waals surface area contributed by atoms with E-state index in [2.05, 4.69) is 5.10 Å². The highest BCUT2D eigenvalue weighted by molar-refractivity contribution is 5.73. The van der Waals surface area contributed by atoms with Crippen molar-refractivity contribution in [3.63, 3.8) is 0 Å². The number of hydrogen-bond donors (Lipinski definition) is 2. The highest BCUT2D eigenvalue weighted by Gasteiger charge is 2.04. The second kappa shape index (κ2) is 8.35. The number of aromatic nitrogens is 2. The van der Waals surface area contributed by atoms with Gasteiger partial charge in [0.1, 0.15) is 0 Å². The molecular formula is C22H22N2O4. The van der Waals surface area contributed by atoms with Crippen molar-refractivity contribution >= 4 is 24.3 Å². The number of phenolic OH excluding ortho intramolecular Hbond substituents is 2. The third kappa shape index (κ3) is 4.35. The van der Waals surface area contributed by atoms with Gasteiger partial charge in [-0.25, -0.2) is 0 Å².